The topological polar surface area (TPSA) is 50.1 Å². The third kappa shape index (κ3) is 4.13. The number of aromatic nitrogens is 2. The zero-order chi connectivity index (χ0) is 12.9. The lowest BCUT2D eigenvalue weighted by Gasteiger charge is -2.28. The Kier molecular flexibility index (Phi) is 5.15. The molecule has 0 aliphatic heterocycles. The highest BCUT2D eigenvalue weighted by Gasteiger charge is 2.20. The van der Waals surface area contributed by atoms with Crippen molar-refractivity contribution < 1.29 is 5.11 Å². The average Bonchev–Trinajstić information content (AvgIpc) is 2.76. The van der Waals surface area contributed by atoms with Crippen molar-refractivity contribution in [2.45, 2.75) is 58.7 Å². The van der Waals surface area contributed by atoms with Gasteiger partial charge in [0.2, 0.25) is 0 Å². The summed E-state index contributed by atoms with van der Waals surface area (Å²) in [5.74, 6) is 0. The molecule has 2 N–H and O–H groups in total. The van der Waals surface area contributed by atoms with Gasteiger partial charge < -0.3 is 10.4 Å². The molecule has 0 aliphatic rings. The first-order valence-corrected chi connectivity index (χ1v) is 6.39. The largest absolute Gasteiger partial charge is 0.396 e. The van der Waals surface area contributed by atoms with Crippen molar-refractivity contribution in [2.75, 3.05) is 6.61 Å². The minimum absolute atomic E-state index is 0.00861. The first-order chi connectivity index (χ1) is 8.00. The lowest BCUT2D eigenvalue weighted by molar-refractivity contribution is 0.214. The van der Waals surface area contributed by atoms with Crippen molar-refractivity contribution in [1.29, 1.82) is 0 Å². The second kappa shape index (κ2) is 6.17. The van der Waals surface area contributed by atoms with Crippen LogP contribution in [-0.4, -0.2) is 27.0 Å². The summed E-state index contributed by atoms with van der Waals surface area (Å²) in [6.45, 7) is 9.55. The fourth-order valence-corrected chi connectivity index (χ4v) is 1.70. The molecule has 0 bridgehead atoms. The van der Waals surface area contributed by atoms with Crippen LogP contribution in [0, 0.1) is 0 Å². The maximum atomic E-state index is 9.05. The lowest BCUT2D eigenvalue weighted by atomic mass is 9.95. The summed E-state index contributed by atoms with van der Waals surface area (Å²) in [7, 11) is 0. The molecule has 1 heterocycles. The number of nitrogens with zero attached hydrogens (tertiary/aromatic N) is 2. The summed E-state index contributed by atoms with van der Waals surface area (Å²) in [5, 5.41) is 16.9. The molecule has 0 radical (unpaired) electrons. The van der Waals surface area contributed by atoms with Crippen LogP contribution in [0.15, 0.2) is 12.4 Å². The molecule has 1 rings (SSSR count). The molecule has 0 saturated heterocycles. The number of hydrogen-bond acceptors (Lipinski definition) is 3. The van der Waals surface area contributed by atoms with Crippen molar-refractivity contribution in [3.8, 4) is 0 Å². The van der Waals surface area contributed by atoms with Gasteiger partial charge in [-0.1, -0.05) is 6.92 Å². The standard InChI is InChI=1S/C13H25N3O/c1-5-13(4,6-7-17)14-8-12-9-15-16(10-12)11(2)3/h9-11,14,17H,5-8H2,1-4H3. The zero-order valence-electron chi connectivity index (χ0n) is 11.4. The molecule has 17 heavy (non-hydrogen) atoms. The summed E-state index contributed by atoms with van der Waals surface area (Å²) in [4.78, 5) is 0. The Hall–Kier alpha value is -0.870. The molecule has 1 atom stereocenters. The highest BCUT2D eigenvalue weighted by Crippen LogP contribution is 2.15. The quantitative estimate of drug-likeness (QED) is 0.766. The Morgan fingerprint density at radius 1 is 1.53 bits per heavy atom. The molecule has 1 unspecified atom stereocenters. The maximum absolute atomic E-state index is 9.05. The molecule has 1 aromatic rings. The molecule has 98 valence electrons. The molecule has 0 spiro atoms. The van der Waals surface area contributed by atoms with Crippen LogP contribution in [-0.2, 0) is 6.54 Å². The van der Waals surface area contributed by atoms with Crippen LogP contribution < -0.4 is 5.32 Å². The molecule has 4 heteroatoms. The van der Waals surface area contributed by atoms with E-state index in [2.05, 4.69) is 44.3 Å². The fourth-order valence-electron chi connectivity index (χ4n) is 1.70. The normalized spacial score (nSPS) is 15.2. The molecule has 0 saturated carbocycles. The van der Waals surface area contributed by atoms with E-state index in [0.717, 1.165) is 19.4 Å². The minimum atomic E-state index is 0.00861. The van der Waals surface area contributed by atoms with Crippen molar-refractivity contribution in [1.82, 2.24) is 15.1 Å². The van der Waals surface area contributed by atoms with E-state index >= 15 is 0 Å². The van der Waals surface area contributed by atoms with E-state index in [1.807, 2.05) is 10.9 Å². The van der Waals surface area contributed by atoms with Gasteiger partial charge in [0.05, 0.1) is 6.20 Å². The summed E-state index contributed by atoms with van der Waals surface area (Å²) in [5.41, 5.74) is 1.20. The van der Waals surface area contributed by atoms with Gasteiger partial charge in [0.1, 0.15) is 0 Å². The van der Waals surface area contributed by atoms with Gasteiger partial charge in [0.15, 0.2) is 0 Å². The van der Waals surface area contributed by atoms with Gasteiger partial charge in [-0.05, 0) is 33.6 Å². The molecule has 0 aliphatic carbocycles. The summed E-state index contributed by atoms with van der Waals surface area (Å²) < 4.78 is 1.96. The molecule has 0 amide bonds. The summed E-state index contributed by atoms with van der Waals surface area (Å²) in [6.07, 6.45) is 5.77. The van der Waals surface area contributed by atoms with E-state index in [4.69, 9.17) is 5.11 Å². The minimum Gasteiger partial charge on any atom is -0.396 e. The van der Waals surface area contributed by atoms with E-state index in [1.54, 1.807) is 0 Å². The van der Waals surface area contributed by atoms with Crippen molar-refractivity contribution in [3.63, 3.8) is 0 Å². The molecular weight excluding hydrogens is 214 g/mol. The van der Waals surface area contributed by atoms with Gasteiger partial charge in [-0.3, -0.25) is 4.68 Å². The second-order valence-corrected chi connectivity index (χ2v) is 5.16. The van der Waals surface area contributed by atoms with E-state index in [1.165, 1.54) is 5.56 Å². The van der Waals surface area contributed by atoms with E-state index in [9.17, 15) is 0 Å². The van der Waals surface area contributed by atoms with E-state index in [0.29, 0.717) is 6.04 Å². The highest BCUT2D eigenvalue weighted by atomic mass is 16.3. The van der Waals surface area contributed by atoms with Gasteiger partial charge in [-0.25, -0.2) is 0 Å². The van der Waals surface area contributed by atoms with Gasteiger partial charge in [0.25, 0.3) is 0 Å². The van der Waals surface area contributed by atoms with Gasteiger partial charge in [-0.2, -0.15) is 5.10 Å². The summed E-state index contributed by atoms with van der Waals surface area (Å²) in [6, 6.07) is 0.402. The van der Waals surface area contributed by atoms with Crippen LogP contribution >= 0.6 is 0 Å². The van der Waals surface area contributed by atoms with Crippen LogP contribution in [0.5, 0.6) is 0 Å². The average molecular weight is 239 g/mol. The van der Waals surface area contributed by atoms with Crippen molar-refractivity contribution in [2.24, 2.45) is 0 Å². The van der Waals surface area contributed by atoms with E-state index in [-0.39, 0.29) is 12.1 Å². The molecular formula is C13H25N3O. The number of rotatable bonds is 7. The van der Waals surface area contributed by atoms with Crippen LogP contribution in [0.3, 0.4) is 0 Å². The predicted molar refractivity (Wildman–Crippen MR) is 69.9 cm³/mol. The molecule has 0 aromatic carbocycles. The zero-order valence-corrected chi connectivity index (χ0v) is 11.4. The van der Waals surface area contributed by atoms with E-state index < -0.39 is 0 Å². The van der Waals surface area contributed by atoms with Crippen LogP contribution in [0.25, 0.3) is 0 Å². The first kappa shape index (κ1) is 14.2. The maximum Gasteiger partial charge on any atom is 0.0534 e. The predicted octanol–water partition coefficient (Wildman–Crippen LogP) is 2.10. The summed E-state index contributed by atoms with van der Waals surface area (Å²) >= 11 is 0. The number of hydrogen-bond donors (Lipinski definition) is 2. The Bertz CT molecular complexity index is 335. The smallest absolute Gasteiger partial charge is 0.0534 e. The van der Waals surface area contributed by atoms with Crippen LogP contribution in [0.4, 0.5) is 0 Å². The Labute approximate surface area is 104 Å². The van der Waals surface area contributed by atoms with Crippen LogP contribution in [0.1, 0.15) is 52.1 Å². The van der Waals surface area contributed by atoms with Crippen molar-refractivity contribution >= 4 is 0 Å². The molecule has 4 nitrogen and oxygen atoms in total. The van der Waals surface area contributed by atoms with Gasteiger partial charge in [-0.15, -0.1) is 0 Å². The first-order valence-electron chi connectivity index (χ1n) is 6.39. The number of nitrogens with one attached hydrogen (secondary N) is 1. The number of aliphatic hydroxyl groups is 1. The monoisotopic (exact) mass is 239 g/mol. The fraction of sp³-hybridized carbons (Fsp3) is 0.769. The third-order valence-electron chi connectivity index (χ3n) is 3.35. The second-order valence-electron chi connectivity index (χ2n) is 5.16. The molecule has 1 aromatic heterocycles. The Balaban J connectivity index is 2.53. The van der Waals surface area contributed by atoms with Crippen LogP contribution in [0.2, 0.25) is 0 Å². The van der Waals surface area contributed by atoms with Gasteiger partial charge in [0, 0.05) is 36.5 Å². The number of aliphatic hydroxyl groups excluding tert-OH is 1. The van der Waals surface area contributed by atoms with Crippen molar-refractivity contribution in [3.05, 3.63) is 18.0 Å². The third-order valence-corrected chi connectivity index (χ3v) is 3.35. The molecule has 0 fully saturated rings. The Morgan fingerprint density at radius 2 is 2.24 bits per heavy atom. The lowest BCUT2D eigenvalue weighted by Crippen LogP contribution is -2.41. The van der Waals surface area contributed by atoms with Gasteiger partial charge >= 0.3 is 0 Å². The highest BCUT2D eigenvalue weighted by molar-refractivity contribution is 5.04. The Morgan fingerprint density at radius 3 is 2.71 bits per heavy atom. The SMILES string of the molecule is CCC(C)(CCO)NCc1cnn(C(C)C)c1.